The fourth-order valence-electron chi connectivity index (χ4n) is 4.02. The van der Waals surface area contributed by atoms with Gasteiger partial charge in [-0.15, -0.1) is 0 Å². The molecule has 0 spiro atoms. The lowest BCUT2D eigenvalue weighted by atomic mass is 10.1. The number of hydrogen-bond donors (Lipinski definition) is 2. The highest BCUT2D eigenvalue weighted by Gasteiger charge is 2.16. The van der Waals surface area contributed by atoms with Crippen molar-refractivity contribution >= 4 is 16.7 Å². The molecule has 3 aromatic rings. The van der Waals surface area contributed by atoms with Crippen LogP contribution in [0.5, 0.6) is 11.5 Å². The minimum absolute atomic E-state index is 0.0223. The van der Waals surface area contributed by atoms with Gasteiger partial charge in [-0.25, -0.2) is 0 Å². The zero-order valence-corrected chi connectivity index (χ0v) is 22.3. The Morgan fingerprint density at radius 3 is 2.44 bits per heavy atom. The summed E-state index contributed by atoms with van der Waals surface area (Å²) in [5, 5.41) is 7.63. The molecule has 2 aromatic carbocycles. The molecule has 2 N–H and O–H groups in total. The lowest BCUT2D eigenvalue weighted by Gasteiger charge is -2.17. The van der Waals surface area contributed by atoms with Crippen molar-refractivity contribution in [1.82, 2.24) is 15.2 Å². The Kier molecular flexibility index (Phi) is 9.53. The quantitative estimate of drug-likeness (QED) is 0.389. The van der Waals surface area contributed by atoms with Crippen LogP contribution in [0.15, 0.2) is 53.3 Å². The van der Waals surface area contributed by atoms with E-state index in [0.717, 1.165) is 24.0 Å². The molecule has 1 heterocycles. The molecule has 1 aromatic heterocycles. The maximum atomic E-state index is 13.7. The first kappa shape index (κ1) is 27.3. The molecule has 0 saturated heterocycles. The second-order valence-electron chi connectivity index (χ2n) is 10.1. The van der Waals surface area contributed by atoms with Crippen LogP contribution in [0.3, 0.4) is 0 Å². The van der Waals surface area contributed by atoms with Crippen LogP contribution in [0.25, 0.3) is 22.0 Å². The molecule has 0 aliphatic rings. The third-order valence-electron chi connectivity index (χ3n) is 5.78. The van der Waals surface area contributed by atoms with Gasteiger partial charge in [-0.05, 0) is 62.0 Å². The number of nitrogens with zero attached hydrogens (tertiary/aromatic N) is 1. The molecule has 0 aliphatic heterocycles. The van der Waals surface area contributed by atoms with Gasteiger partial charge in [-0.2, -0.15) is 0 Å². The molecule has 0 fully saturated rings. The van der Waals surface area contributed by atoms with E-state index < -0.39 is 0 Å². The second-order valence-corrected chi connectivity index (χ2v) is 10.1. The Balaban J connectivity index is 1.95. The van der Waals surface area contributed by atoms with Crippen LogP contribution in [-0.2, 0) is 11.3 Å². The van der Waals surface area contributed by atoms with Crippen LogP contribution in [-0.4, -0.2) is 43.3 Å². The van der Waals surface area contributed by atoms with E-state index in [1.165, 1.54) is 4.57 Å². The molecular weight excluding hydrogens is 454 g/mol. The fraction of sp³-hybridized carbons (Fsp3) is 0.448. The van der Waals surface area contributed by atoms with Crippen LogP contribution in [0, 0.1) is 11.8 Å². The number of rotatable bonds is 12. The summed E-state index contributed by atoms with van der Waals surface area (Å²) in [5.41, 5.74) is 1.22. The van der Waals surface area contributed by atoms with Crippen molar-refractivity contribution in [1.29, 1.82) is 0 Å². The van der Waals surface area contributed by atoms with E-state index in [2.05, 4.69) is 31.4 Å². The van der Waals surface area contributed by atoms with Crippen molar-refractivity contribution in [2.75, 3.05) is 26.8 Å². The number of amides is 1. The van der Waals surface area contributed by atoms with Gasteiger partial charge in [0.05, 0.1) is 24.8 Å². The highest BCUT2D eigenvalue weighted by atomic mass is 16.5. The Labute approximate surface area is 213 Å². The molecule has 7 nitrogen and oxygen atoms in total. The van der Waals surface area contributed by atoms with Crippen LogP contribution >= 0.6 is 0 Å². The number of pyridine rings is 1. The van der Waals surface area contributed by atoms with Gasteiger partial charge in [0.1, 0.15) is 18.0 Å². The molecule has 7 heteroatoms. The summed E-state index contributed by atoms with van der Waals surface area (Å²) in [7, 11) is 1.60. The Bertz CT molecular complexity index is 1230. The predicted molar refractivity (Wildman–Crippen MR) is 146 cm³/mol. The smallest absolute Gasteiger partial charge is 0.259 e. The van der Waals surface area contributed by atoms with Crippen LogP contribution in [0.4, 0.5) is 0 Å². The van der Waals surface area contributed by atoms with Gasteiger partial charge in [0.25, 0.3) is 5.56 Å². The Morgan fingerprint density at radius 2 is 1.75 bits per heavy atom. The van der Waals surface area contributed by atoms with E-state index in [1.54, 1.807) is 13.2 Å². The molecular formula is C29H39N3O4. The number of methoxy groups -OCH3 is 1. The van der Waals surface area contributed by atoms with Crippen LogP contribution in [0.1, 0.15) is 34.6 Å². The van der Waals surface area contributed by atoms with Gasteiger partial charge in [0, 0.05) is 24.1 Å². The van der Waals surface area contributed by atoms with Crippen molar-refractivity contribution in [3.8, 4) is 22.8 Å². The van der Waals surface area contributed by atoms with E-state index in [4.69, 9.17) is 9.47 Å². The van der Waals surface area contributed by atoms with Gasteiger partial charge in [0.2, 0.25) is 5.91 Å². The minimum atomic E-state index is -0.235. The number of carbonyl (C=O) groups excluding carboxylic acids is 1. The van der Waals surface area contributed by atoms with Crippen molar-refractivity contribution in [2.24, 2.45) is 11.8 Å². The number of benzene rings is 2. The first-order valence-electron chi connectivity index (χ1n) is 12.6. The largest absolute Gasteiger partial charge is 0.497 e. The summed E-state index contributed by atoms with van der Waals surface area (Å²) in [6.45, 7) is 12.6. The summed E-state index contributed by atoms with van der Waals surface area (Å²) in [4.78, 5) is 26.3. The summed E-state index contributed by atoms with van der Waals surface area (Å²) in [6.07, 6.45) is 0. The zero-order chi connectivity index (χ0) is 26.2. The van der Waals surface area contributed by atoms with Crippen molar-refractivity contribution in [3.05, 3.63) is 58.9 Å². The monoisotopic (exact) mass is 493 g/mol. The van der Waals surface area contributed by atoms with Gasteiger partial charge in [0.15, 0.2) is 0 Å². The topological polar surface area (TPSA) is 81.6 Å². The highest BCUT2D eigenvalue weighted by molar-refractivity contribution is 5.87. The molecule has 1 amide bonds. The third-order valence-corrected chi connectivity index (χ3v) is 5.78. The molecule has 36 heavy (non-hydrogen) atoms. The van der Waals surface area contributed by atoms with Crippen molar-refractivity contribution in [2.45, 2.75) is 47.2 Å². The first-order chi connectivity index (χ1) is 17.2. The van der Waals surface area contributed by atoms with E-state index in [9.17, 15) is 9.59 Å². The van der Waals surface area contributed by atoms with E-state index in [-0.39, 0.29) is 24.1 Å². The van der Waals surface area contributed by atoms with Gasteiger partial charge >= 0.3 is 0 Å². The maximum Gasteiger partial charge on any atom is 0.259 e. The highest BCUT2D eigenvalue weighted by Crippen LogP contribution is 2.27. The van der Waals surface area contributed by atoms with Gasteiger partial charge in [-0.3, -0.25) is 14.2 Å². The molecule has 0 saturated carbocycles. The molecule has 0 unspecified atom stereocenters. The normalized spacial score (nSPS) is 12.2. The zero-order valence-electron chi connectivity index (χ0n) is 22.3. The van der Waals surface area contributed by atoms with E-state index in [0.29, 0.717) is 41.0 Å². The number of aromatic nitrogens is 1. The fourth-order valence-corrected chi connectivity index (χ4v) is 4.02. The van der Waals surface area contributed by atoms with Gasteiger partial charge < -0.3 is 20.1 Å². The average molecular weight is 494 g/mol. The number of carbonyl (C=O) groups is 1. The minimum Gasteiger partial charge on any atom is -0.497 e. The number of ether oxygens (including phenoxy) is 2. The number of fused-ring (bicyclic) bond motifs is 1. The summed E-state index contributed by atoms with van der Waals surface area (Å²) >= 11 is 0. The SMILES string of the molecule is COc1cccc(-c2cc3ccc(OC[C@@H](C)CNCC(C)C)cc3c(=O)n2CC(=O)NC(C)C)c1. The standard InChI is InChI=1S/C29H39N3O4/c1-19(2)15-30-16-21(5)18-36-25-11-10-22-13-27(23-8-7-9-24(12-23)35-6)32(29(34)26(22)14-25)17-28(33)31-20(3)4/h7-14,19-21,30H,15-18H2,1-6H3,(H,31,33)/t21-/m0/s1. The summed E-state index contributed by atoms with van der Waals surface area (Å²) in [5.74, 6) is 2.03. The summed E-state index contributed by atoms with van der Waals surface area (Å²) < 4.78 is 12.9. The molecule has 0 aliphatic carbocycles. The first-order valence-corrected chi connectivity index (χ1v) is 12.6. The molecule has 0 radical (unpaired) electrons. The third kappa shape index (κ3) is 7.34. The van der Waals surface area contributed by atoms with Gasteiger partial charge in [-0.1, -0.05) is 39.0 Å². The van der Waals surface area contributed by atoms with Crippen molar-refractivity contribution in [3.63, 3.8) is 0 Å². The Hall–Kier alpha value is -3.32. The van der Waals surface area contributed by atoms with Crippen molar-refractivity contribution < 1.29 is 14.3 Å². The lowest BCUT2D eigenvalue weighted by Crippen LogP contribution is -2.36. The second kappa shape index (κ2) is 12.6. The van der Waals surface area contributed by atoms with E-state index >= 15 is 0 Å². The number of nitrogens with one attached hydrogen (secondary N) is 2. The molecule has 194 valence electrons. The predicted octanol–water partition coefficient (Wildman–Crippen LogP) is 4.46. The summed E-state index contributed by atoms with van der Waals surface area (Å²) in [6, 6.07) is 15.0. The van der Waals surface area contributed by atoms with E-state index in [1.807, 2.05) is 56.3 Å². The molecule has 0 bridgehead atoms. The Morgan fingerprint density at radius 1 is 0.972 bits per heavy atom. The average Bonchev–Trinajstić information content (AvgIpc) is 2.83. The van der Waals surface area contributed by atoms with Crippen LogP contribution < -0.4 is 25.7 Å². The maximum absolute atomic E-state index is 13.7. The number of hydrogen-bond acceptors (Lipinski definition) is 5. The lowest BCUT2D eigenvalue weighted by molar-refractivity contribution is -0.122. The molecule has 1 atom stereocenters. The molecule has 3 rings (SSSR count). The van der Waals surface area contributed by atoms with Crippen LogP contribution in [0.2, 0.25) is 0 Å².